The lowest BCUT2D eigenvalue weighted by molar-refractivity contribution is -0.694. The molecule has 0 saturated heterocycles. The van der Waals surface area contributed by atoms with Crippen LogP contribution in [0.25, 0.3) is 10.4 Å². The molecule has 0 aliphatic carbocycles. The van der Waals surface area contributed by atoms with Gasteiger partial charge in [-0.25, -0.2) is 14.7 Å². The number of quaternary nitrogens is 1. The highest BCUT2D eigenvalue weighted by atomic mass is 32.1. The van der Waals surface area contributed by atoms with E-state index in [1.54, 1.807) is 20.3 Å². The summed E-state index contributed by atoms with van der Waals surface area (Å²) in [6.07, 6.45) is 1.49. The molecule has 0 radical (unpaired) electrons. The van der Waals surface area contributed by atoms with E-state index in [1.807, 2.05) is 49.4 Å². The number of hydrogen-bond donors (Lipinski definition) is 2. The van der Waals surface area contributed by atoms with Crippen LogP contribution >= 0.6 is 11.3 Å². The molecule has 2 aromatic carbocycles. The van der Waals surface area contributed by atoms with Crippen molar-refractivity contribution in [2.45, 2.75) is 6.92 Å². The van der Waals surface area contributed by atoms with Crippen LogP contribution in [0.4, 0.5) is 11.4 Å². The molecule has 158 valence electrons. The van der Waals surface area contributed by atoms with Gasteiger partial charge in [-0.1, -0.05) is 6.07 Å². The Bertz CT molecular complexity index is 1170. The normalized spacial score (nSPS) is 14.8. The Morgan fingerprint density at radius 3 is 2.58 bits per heavy atom. The summed E-state index contributed by atoms with van der Waals surface area (Å²) in [6, 6.07) is 15.1. The van der Waals surface area contributed by atoms with Crippen LogP contribution in [-0.2, 0) is 4.79 Å². The minimum absolute atomic E-state index is 0.0609. The molecule has 3 aromatic rings. The average molecular weight is 437 g/mol. The second-order valence-electron chi connectivity index (χ2n) is 7.09. The highest BCUT2D eigenvalue weighted by Gasteiger charge is 2.32. The first-order valence-corrected chi connectivity index (χ1v) is 10.5. The number of ether oxygens (including phenoxy) is 2. The van der Waals surface area contributed by atoms with Crippen LogP contribution in [0.5, 0.6) is 11.5 Å². The third-order valence-corrected chi connectivity index (χ3v) is 6.10. The van der Waals surface area contributed by atoms with E-state index in [4.69, 9.17) is 9.47 Å². The van der Waals surface area contributed by atoms with Gasteiger partial charge in [0.05, 0.1) is 25.6 Å². The maximum atomic E-state index is 13.0. The number of aliphatic imine (C=N–C) groups is 1. The average Bonchev–Trinajstić information content (AvgIpc) is 3.21. The molecule has 2 amide bonds. The van der Waals surface area contributed by atoms with Crippen molar-refractivity contribution in [2.24, 2.45) is 4.99 Å². The molecule has 4 rings (SSSR count). The minimum Gasteiger partial charge on any atom is -0.497 e. The first kappa shape index (κ1) is 20.8. The van der Waals surface area contributed by atoms with Crippen molar-refractivity contribution in [3.8, 4) is 21.9 Å². The van der Waals surface area contributed by atoms with Gasteiger partial charge in [-0.15, -0.1) is 11.3 Å². The van der Waals surface area contributed by atoms with Gasteiger partial charge in [0.1, 0.15) is 11.5 Å². The quantitative estimate of drug-likeness (QED) is 0.622. The molecule has 1 atom stereocenters. The van der Waals surface area contributed by atoms with Crippen LogP contribution in [0.15, 0.2) is 53.5 Å². The van der Waals surface area contributed by atoms with Gasteiger partial charge in [-0.3, -0.25) is 4.79 Å². The van der Waals surface area contributed by atoms with E-state index in [1.165, 1.54) is 17.7 Å². The first-order valence-electron chi connectivity index (χ1n) is 9.66. The summed E-state index contributed by atoms with van der Waals surface area (Å²) in [5.74, 6) is 0.874. The number of anilines is 1. The Hall–Kier alpha value is -3.49. The number of fused-ring (bicyclic) bond motifs is 1. The molecule has 1 unspecified atom stereocenters. The van der Waals surface area contributed by atoms with Gasteiger partial charge in [0.2, 0.25) is 0 Å². The van der Waals surface area contributed by atoms with Gasteiger partial charge in [0.25, 0.3) is 5.91 Å². The SMILES string of the molecule is COc1ccc(-c2cc3c(s2)C(=O)[NH+](CC(=O)Nc2cc(C)ccc2OC)C=N3)cc1. The number of amides is 2. The van der Waals surface area contributed by atoms with Crippen molar-refractivity contribution < 1.29 is 24.0 Å². The van der Waals surface area contributed by atoms with Crippen LogP contribution < -0.4 is 19.7 Å². The number of carbonyl (C=O) groups excluding carboxylic acids is 2. The van der Waals surface area contributed by atoms with Crippen molar-refractivity contribution in [1.29, 1.82) is 0 Å². The fourth-order valence-corrected chi connectivity index (χ4v) is 4.39. The van der Waals surface area contributed by atoms with E-state index in [9.17, 15) is 9.59 Å². The van der Waals surface area contributed by atoms with Gasteiger partial charge >= 0.3 is 5.91 Å². The second-order valence-corrected chi connectivity index (χ2v) is 8.15. The zero-order valence-corrected chi connectivity index (χ0v) is 18.2. The van der Waals surface area contributed by atoms with Crippen LogP contribution in [0.1, 0.15) is 15.2 Å². The third-order valence-electron chi connectivity index (χ3n) is 4.92. The Morgan fingerprint density at radius 1 is 1.10 bits per heavy atom. The van der Waals surface area contributed by atoms with E-state index in [-0.39, 0.29) is 18.4 Å². The van der Waals surface area contributed by atoms with Crippen LogP contribution in [0, 0.1) is 6.92 Å². The van der Waals surface area contributed by atoms with E-state index in [2.05, 4.69) is 10.3 Å². The van der Waals surface area contributed by atoms with Crippen molar-refractivity contribution in [3.05, 3.63) is 59.0 Å². The fraction of sp³-hybridized carbons (Fsp3) is 0.174. The third kappa shape index (κ3) is 4.35. The fourth-order valence-electron chi connectivity index (χ4n) is 3.30. The number of methoxy groups -OCH3 is 2. The monoisotopic (exact) mass is 436 g/mol. The second kappa shape index (κ2) is 8.71. The molecule has 2 N–H and O–H groups in total. The molecule has 1 aliphatic rings. The van der Waals surface area contributed by atoms with E-state index >= 15 is 0 Å². The van der Waals surface area contributed by atoms with Crippen LogP contribution in [-0.4, -0.2) is 38.9 Å². The molecule has 8 heteroatoms. The Labute approximate surface area is 183 Å². The summed E-state index contributed by atoms with van der Waals surface area (Å²) in [5.41, 5.74) is 3.18. The number of benzene rings is 2. The topological polar surface area (TPSA) is 81.4 Å². The molecule has 2 heterocycles. The van der Waals surface area contributed by atoms with Crippen molar-refractivity contribution in [3.63, 3.8) is 0 Å². The smallest absolute Gasteiger partial charge is 0.362 e. The molecule has 0 spiro atoms. The predicted octanol–water partition coefficient (Wildman–Crippen LogP) is 3.08. The molecule has 1 aliphatic heterocycles. The maximum absolute atomic E-state index is 13.0. The molecular weight excluding hydrogens is 414 g/mol. The summed E-state index contributed by atoms with van der Waals surface area (Å²) in [5, 5.41) is 2.83. The van der Waals surface area contributed by atoms with Crippen molar-refractivity contribution >= 4 is 40.9 Å². The zero-order chi connectivity index (χ0) is 22.0. The van der Waals surface area contributed by atoms with Crippen molar-refractivity contribution in [2.75, 3.05) is 26.1 Å². The molecule has 31 heavy (non-hydrogen) atoms. The van der Waals surface area contributed by atoms with Gasteiger partial charge in [-0.05, 0) is 60.5 Å². The minimum atomic E-state index is -0.297. The predicted molar refractivity (Wildman–Crippen MR) is 121 cm³/mol. The van der Waals surface area contributed by atoms with Gasteiger partial charge in [-0.2, -0.15) is 0 Å². The van der Waals surface area contributed by atoms with E-state index in [0.717, 1.165) is 21.8 Å². The Morgan fingerprint density at radius 2 is 1.87 bits per heavy atom. The van der Waals surface area contributed by atoms with Crippen LogP contribution in [0.3, 0.4) is 0 Å². The first-order chi connectivity index (χ1) is 15.0. The van der Waals surface area contributed by atoms with E-state index < -0.39 is 0 Å². The molecule has 0 saturated carbocycles. The lowest BCUT2D eigenvalue weighted by atomic mass is 10.1. The number of thiophene rings is 1. The van der Waals surface area contributed by atoms with Crippen LogP contribution in [0.2, 0.25) is 0 Å². The largest absolute Gasteiger partial charge is 0.497 e. The lowest BCUT2D eigenvalue weighted by Gasteiger charge is -2.15. The summed E-state index contributed by atoms with van der Waals surface area (Å²) < 4.78 is 10.5. The number of aryl methyl sites for hydroxylation is 1. The Kier molecular flexibility index (Phi) is 5.83. The summed E-state index contributed by atoms with van der Waals surface area (Å²) in [6.45, 7) is 1.87. The molecule has 0 bridgehead atoms. The number of rotatable bonds is 6. The maximum Gasteiger partial charge on any atom is 0.362 e. The summed E-state index contributed by atoms with van der Waals surface area (Å²) in [4.78, 5) is 31.8. The van der Waals surface area contributed by atoms with Gasteiger partial charge in [0, 0.05) is 4.88 Å². The molecule has 1 aromatic heterocycles. The molecule has 0 fully saturated rings. The number of carbonyl (C=O) groups is 2. The highest BCUT2D eigenvalue weighted by molar-refractivity contribution is 7.18. The van der Waals surface area contributed by atoms with Gasteiger partial charge < -0.3 is 14.8 Å². The summed E-state index contributed by atoms with van der Waals surface area (Å²) in [7, 11) is 3.17. The van der Waals surface area contributed by atoms with E-state index in [0.29, 0.717) is 26.9 Å². The van der Waals surface area contributed by atoms with Gasteiger partial charge in [0.15, 0.2) is 17.8 Å². The number of nitrogens with zero attached hydrogens (tertiary/aromatic N) is 1. The lowest BCUT2D eigenvalue weighted by Crippen LogP contribution is -3.15. The number of hydrogen-bond acceptors (Lipinski definition) is 6. The molecular formula is C23H22N3O4S+. The number of nitrogens with one attached hydrogen (secondary N) is 2. The summed E-state index contributed by atoms with van der Waals surface area (Å²) >= 11 is 1.38. The van der Waals surface area contributed by atoms with Crippen molar-refractivity contribution in [1.82, 2.24) is 0 Å². The molecule has 7 nitrogen and oxygen atoms in total. The standard InChI is InChI=1S/C23H21N3O4S/c1-14-4-9-19(30-3)17(10-14)25-21(27)12-26-13-24-18-11-20(31-22(18)23(26)28)15-5-7-16(29-2)8-6-15/h4-11,13H,12H2,1-3H3,(H,25,27)/p+1. The highest BCUT2D eigenvalue weighted by Crippen LogP contribution is 2.37. The Balaban J connectivity index is 1.48. The zero-order valence-electron chi connectivity index (χ0n) is 17.4.